The lowest BCUT2D eigenvalue weighted by Crippen LogP contribution is -2.15. The Morgan fingerprint density at radius 1 is 1.25 bits per heavy atom. The molecule has 0 spiro atoms. The average Bonchev–Trinajstić information content (AvgIpc) is 2.72. The minimum Gasteiger partial charge on any atom is -0.464 e. The van der Waals surface area contributed by atoms with Crippen LogP contribution in [0.1, 0.15) is 25.0 Å². The van der Waals surface area contributed by atoms with Crippen molar-refractivity contribution in [2.45, 2.75) is 26.7 Å². The maximum Gasteiger partial charge on any atom is 0.134 e. The van der Waals surface area contributed by atoms with Gasteiger partial charge in [0.05, 0.1) is 6.26 Å². The Morgan fingerprint density at radius 3 is 2.88 bits per heavy atom. The third kappa shape index (κ3) is 2.27. The number of benzene rings is 1. The van der Waals surface area contributed by atoms with E-state index < -0.39 is 0 Å². The fraction of sp³-hybridized carbons (Fsp3) is 0.429. The molecule has 0 atom stereocenters. The highest BCUT2D eigenvalue weighted by Crippen LogP contribution is 2.23. The van der Waals surface area contributed by atoms with E-state index in [4.69, 9.17) is 4.42 Å². The van der Waals surface area contributed by atoms with Crippen LogP contribution in [0.5, 0.6) is 0 Å². The summed E-state index contributed by atoms with van der Waals surface area (Å²) < 4.78 is 5.55. The standard InChI is InChI=1S/C14H19NO/c1-3-11-5-6-14-13(9-11)12(10-16-14)7-8-15-4-2/h5-6,9-10,15H,3-4,7-8H2,1-2H3. The summed E-state index contributed by atoms with van der Waals surface area (Å²) in [6.07, 6.45) is 4.00. The Hall–Kier alpha value is -1.28. The number of aryl methyl sites for hydroxylation is 1. The number of furan rings is 1. The predicted molar refractivity (Wildman–Crippen MR) is 67.8 cm³/mol. The van der Waals surface area contributed by atoms with Crippen molar-refractivity contribution in [2.75, 3.05) is 13.1 Å². The fourth-order valence-corrected chi connectivity index (χ4v) is 1.94. The second-order valence-corrected chi connectivity index (χ2v) is 4.05. The Bertz CT molecular complexity index is 459. The lowest BCUT2D eigenvalue weighted by Gasteiger charge is -2.01. The zero-order chi connectivity index (χ0) is 11.4. The molecule has 2 heteroatoms. The number of likely N-dealkylation sites (N-methyl/N-ethyl adjacent to an activating group) is 1. The molecule has 1 N–H and O–H groups in total. The molecule has 1 heterocycles. The summed E-state index contributed by atoms with van der Waals surface area (Å²) in [5, 5.41) is 4.61. The molecule has 0 unspecified atom stereocenters. The first-order valence-corrected chi connectivity index (χ1v) is 6.04. The van der Waals surface area contributed by atoms with E-state index >= 15 is 0 Å². The van der Waals surface area contributed by atoms with Gasteiger partial charge < -0.3 is 9.73 Å². The summed E-state index contributed by atoms with van der Waals surface area (Å²) in [5.74, 6) is 0. The number of fused-ring (bicyclic) bond motifs is 1. The highest BCUT2D eigenvalue weighted by atomic mass is 16.3. The topological polar surface area (TPSA) is 25.2 Å². The molecule has 0 aliphatic rings. The third-order valence-corrected chi connectivity index (χ3v) is 2.95. The largest absolute Gasteiger partial charge is 0.464 e. The summed E-state index contributed by atoms with van der Waals surface area (Å²) in [6.45, 7) is 6.35. The van der Waals surface area contributed by atoms with Gasteiger partial charge in [0.1, 0.15) is 5.58 Å². The van der Waals surface area contributed by atoms with Crippen molar-refractivity contribution in [3.63, 3.8) is 0 Å². The fourth-order valence-electron chi connectivity index (χ4n) is 1.94. The van der Waals surface area contributed by atoms with E-state index in [1.165, 1.54) is 16.5 Å². The normalized spacial score (nSPS) is 11.1. The maximum atomic E-state index is 5.55. The Balaban J connectivity index is 2.24. The van der Waals surface area contributed by atoms with E-state index in [9.17, 15) is 0 Å². The molecule has 0 bridgehead atoms. The van der Waals surface area contributed by atoms with Crippen LogP contribution in [-0.4, -0.2) is 13.1 Å². The molecule has 16 heavy (non-hydrogen) atoms. The van der Waals surface area contributed by atoms with Crippen molar-refractivity contribution in [3.8, 4) is 0 Å². The number of hydrogen-bond acceptors (Lipinski definition) is 2. The van der Waals surface area contributed by atoms with Crippen LogP contribution in [0.3, 0.4) is 0 Å². The van der Waals surface area contributed by atoms with Crippen LogP contribution in [0.2, 0.25) is 0 Å². The molecule has 86 valence electrons. The van der Waals surface area contributed by atoms with E-state index in [-0.39, 0.29) is 0 Å². The van der Waals surface area contributed by atoms with Gasteiger partial charge in [0, 0.05) is 5.39 Å². The summed E-state index contributed by atoms with van der Waals surface area (Å²) in [7, 11) is 0. The molecule has 0 saturated carbocycles. The number of rotatable bonds is 5. The van der Waals surface area contributed by atoms with Crippen LogP contribution in [-0.2, 0) is 12.8 Å². The molecule has 0 amide bonds. The van der Waals surface area contributed by atoms with E-state index in [1.807, 2.05) is 6.26 Å². The van der Waals surface area contributed by atoms with Crippen LogP contribution in [0, 0.1) is 0 Å². The second kappa shape index (κ2) is 5.17. The molecule has 0 saturated heterocycles. The molecule has 2 aromatic rings. The van der Waals surface area contributed by atoms with Gasteiger partial charge in [-0.2, -0.15) is 0 Å². The van der Waals surface area contributed by atoms with Gasteiger partial charge in [0.25, 0.3) is 0 Å². The summed E-state index contributed by atoms with van der Waals surface area (Å²) in [6, 6.07) is 6.46. The summed E-state index contributed by atoms with van der Waals surface area (Å²) in [4.78, 5) is 0. The quantitative estimate of drug-likeness (QED) is 0.778. The van der Waals surface area contributed by atoms with Gasteiger partial charge >= 0.3 is 0 Å². The van der Waals surface area contributed by atoms with Gasteiger partial charge in [-0.05, 0) is 49.2 Å². The smallest absolute Gasteiger partial charge is 0.134 e. The second-order valence-electron chi connectivity index (χ2n) is 4.05. The van der Waals surface area contributed by atoms with Gasteiger partial charge in [0.2, 0.25) is 0 Å². The SMILES string of the molecule is CCNCCc1coc2ccc(CC)cc12. The Labute approximate surface area is 96.6 Å². The monoisotopic (exact) mass is 217 g/mol. The van der Waals surface area contributed by atoms with Crippen LogP contribution < -0.4 is 5.32 Å². The molecule has 0 aliphatic heterocycles. The summed E-state index contributed by atoms with van der Waals surface area (Å²) in [5.41, 5.74) is 3.69. The predicted octanol–water partition coefficient (Wildman–Crippen LogP) is 3.15. The molecule has 0 fully saturated rings. The van der Waals surface area contributed by atoms with Gasteiger partial charge in [-0.25, -0.2) is 0 Å². The molecule has 1 aromatic heterocycles. The van der Waals surface area contributed by atoms with Crippen LogP contribution >= 0.6 is 0 Å². The molecule has 2 rings (SSSR count). The first-order valence-electron chi connectivity index (χ1n) is 6.04. The van der Waals surface area contributed by atoms with E-state index in [0.717, 1.165) is 31.5 Å². The zero-order valence-corrected chi connectivity index (χ0v) is 10.0. The van der Waals surface area contributed by atoms with Gasteiger partial charge in [-0.15, -0.1) is 0 Å². The van der Waals surface area contributed by atoms with Crippen molar-refractivity contribution >= 4 is 11.0 Å². The van der Waals surface area contributed by atoms with Crippen molar-refractivity contribution in [3.05, 3.63) is 35.6 Å². The molecular weight excluding hydrogens is 198 g/mol. The minimum absolute atomic E-state index is 1.00. The lowest BCUT2D eigenvalue weighted by atomic mass is 10.1. The first-order chi connectivity index (χ1) is 7.85. The number of hydrogen-bond donors (Lipinski definition) is 1. The Kier molecular flexibility index (Phi) is 3.62. The average molecular weight is 217 g/mol. The summed E-state index contributed by atoms with van der Waals surface area (Å²) >= 11 is 0. The van der Waals surface area contributed by atoms with Crippen molar-refractivity contribution in [2.24, 2.45) is 0 Å². The van der Waals surface area contributed by atoms with Crippen LogP contribution in [0.25, 0.3) is 11.0 Å². The van der Waals surface area contributed by atoms with Crippen molar-refractivity contribution in [1.82, 2.24) is 5.32 Å². The molecule has 1 aromatic carbocycles. The van der Waals surface area contributed by atoms with Crippen molar-refractivity contribution in [1.29, 1.82) is 0 Å². The van der Waals surface area contributed by atoms with E-state index in [1.54, 1.807) is 0 Å². The van der Waals surface area contributed by atoms with Gasteiger partial charge in [-0.1, -0.05) is 19.9 Å². The van der Waals surface area contributed by atoms with Gasteiger partial charge in [0.15, 0.2) is 0 Å². The maximum absolute atomic E-state index is 5.55. The highest BCUT2D eigenvalue weighted by molar-refractivity contribution is 5.81. The van der Waals surface area contributed by atoms with E-state index in [0.29, 0.717) is 0 Å². The first kappa shape index (κ1) is 11.2. The molecule has 2 nitrogen and oxygen atoms in total. The highest BCUT2D eigenvalue weighted by Gasteiger charge is 2.05. The number of nitrogens with one attached hydrogen (secondary N) is 1. The molecule has 0 radical (unpaired) electrons. The van der Waals surface area contributed by atoms with Crippen molar-refractivity contribution < 1.29 is 4.42 Å². The molecular formula is C14H19NO. The van der Waals surface area contributed by atoms with Gasteiger partial charge in [-0.3, -0.25) is 0 Å². The minimum atomic E-state index is 1.00. The lowest BCUT2D eigenvalue weighted by molar-refractivity contribution is 0.607. The Morgan fingerprint density at radius 2 is 2.12 bits per heavy atom. The molecule has 0 aliphatic carbocycles. The van der Waals surface area contributed by atoms with Crippen LogP contribution in [0.4, 0.5) is 0 Å². The van der Waals surface area contributed by atoms with Crippen LogP contribution in [0.15, 0.2) is 28.9 Å². The zero-order valence-electron chi connectivity index (χ0n) is 10.0. The third-order valence-electron chi connectivity index (χ3n) is 2.95. The van der Waals surface area contributed by atoms with E-state index in [2.05, 4.69) is 37.4 Å².